The number of nitrogens with zero attached hydrogens (tertiary/aromatic N) is 1. The van der Waals surface area contributed by atoms with E-state index in [1.807, 2.05) is 0 Å². The lowest BCUT2D eigenvalue weighted by Gasteiger charge is -2.30. The second-order valence-corrected chi connectivity index (χ2v) is 4.40. The van der Waals surface area contributed by atoms with Crippen LogP contribution in [0.25, 0.3) is 0 Å². The van der Waals surface area contributed by atoms with Crippen molar-refractivity contribution >= 4 is 0 Å². The summed E-state index contributed by atoms with van der Waals surface area (Å²) in [6, 6.07) is 0. The normalized spacial score (nSPS) is 28.0. The van der Waals surface area contributed by atoms with E-state index in [2.05, 4.69) is 0 Å². The number of β-amino-alcohol motifs (C(OH)–C–C–N with tert-alkyl or cyclic N) is 1. The fourth-order valence-corrected chi connectivity index (χ4v) is 1.77. The van der Waals surface area contributed by atoms with Crippen molar-refractivity contribution in [2.75, 3.05) is 26.2 Å². The van der Waals surface area contributed by atoms with Gasteiger partial charge in [0.2, 0.25) is 0 Å². The highest BCUT2D eigenvalue weighted by Gasteiger charge is 2.51. The summed E-state index contributed by atoms with van der Waals surface area (Å²) in [5.74, 6) is 0.258. The lowest BCUT2D eigenvalue weighted by Crippen LogP contribution is -2.50. The second-order valence-electron chi connectivity index (χ2n) is 4.40. The zero-order valence-electron chi connectivity index (χ0n) is 8.72. The zero-order chi connectivity index (χ0) is 11.7. The fraction of sp³-hybridized carbons (Fsp3) is 1.00. The lowest BCUT2D eigenvalue weighted by molar-refractivity contribution is -0.256. The summed E-state index contributed by atoms with van der Waals surface area (Å²) >= 11 is 0. The monoisotopic (exact) mass is 226 g/mol. The standard InChI is InChI=1S/C9H17F3N2O/c1-8(15,9(10,11)12)6-14-3-2-7(4-13)5-14/h7,15H,2-6,13H2,1H3. The minimum absolute atomic E-state index is 0.258. The lowest BCUT2D eigenvalue weighted by atomic mass is 10.1. The molecule has 1 aliphatic heterocycles. The van der Waals surface area contributed by atoms with Gasteiger partial charge in [-0.15, -0.1) is 0 Å². The van der Waals surface area contributed by atoms with Crippen molar-refractivity contribution in [3.05, 3.63) is 0 Å². The molecule has 0 aromatic carbocycles. The van der Waals surface area contributed by atoms with E-state index >= 15 is 0 Å². The molecule has 0 amide bonds. The van der Waals surface area contributed by atoms with Crippen molar-refractivity contribution in [2.24, 2.45) is 11.7 Å². The molecule has 0 aromatic rings. The number of nitrogens with two attached hydrogens (primary N) is 1. The molecule has 6 heteroatoms. The second kappa shape index (κ2) is 4.27. The van der Waals surface area contributed by atoms with Gasteiger partial charge in [0.1, 0.15) is 0 Å². The predicted octanol–water partition coefficient (Wildman–Crippen LogP) is 0.580. The SMILES string of the molecule is CC(O)(CN1CCC(CN)C1)C(F)(F)F. The Balaban J connectivity index is 2.49. The summed E-state index contributed by atoms with van der Waals surface area (Å²) in [5.41, 5.74) is 2.81. The summed E-state index contributed by atoms with van der Waals surface area (Å²) < 4.78 is 37.1. The van der Waals surface area contributed by atoms with Gasteiger partial charge in [0.25, 0.3) is 0 Å². The first-order valence-corrected chi connectivity index (χ1v) is 4.98. The number of aliphatic hydroxyl groups is 1. The Hall–Kier alpha value is -0.330. The van der Waals surface area contributed by atoms with Crippen LogP contribution in [-0.4, -0.2) is 48.0 Å². The maximum Gasteiger partial charge on any atom is 0.418 e. The molecule has 1 rings (SSSR count). The van der Waals surface area contributed by atoms with Crippen molar-refractivity contribution in [3.63, 3.8) is 0 Å². The minimum atomic E-state index is -4.58. The zero-order valence-corrected chi connectivity index (χ0v) is 8.72. The van der Waals surface area contributed by atoms with Crippen LogP contribution in [0.4, 0.5) is 13.2 Å². The van der Waals surface area contributed by atoms with Gasteiger partial charge in [-0.05, 0) is 32.4 Å². The number of rotatable bonds is 3. The van der Waals surface area contributed by atoms with Crippen LogP contribution in [0.5, 0.6) is 0 Å². The van der Waals surface area contributed by atoms with Crippen molar-refractivity contribution < 1.29 is 18.3 Å². The maximum absolute atomic E-state index is 12.4. The highest BCUT2D eigenvalue weighted by molar-refractivity contribution is 4.88. The van der Waals surface area contributed by atoms with Gasteiger partial charge in [-0.3, -0.25) is 4.90 Å². The predicted molar refractivity (Wildman–Crippen MR) is 50.3 cm³/mol. The largest absolute Gasteiger partial charge is 0.418 e. The fourth-order valence-electron chi connectivity index (χ4n) is 1.77. The molecule has 3 nitrogen and oxygen atoms in total. The van der Waals surface area contributed by atoms with E-state index < -0.39 is 11.8 Å². The van der Waals surface area contributed by atoms with E-state index in [4.69, 9.17) is 5.73 Å². The van der Waals surface area contributed by atoms with Gasteiger partial charge in [-0.2, -0.15) is 13.2 Å². The van der Waals surface area contributed by atoms with E-state index in [1.54, 1.807) is 4.90 Å². The number of hydrogen-bond acceptors (Lipinski definition) is 3. The van der Waals surface area contributed by atoms with Crippen LogP contribution in [-0.2, 0) is 0 Å². The molecule has 1 heterocycles. The van der Waals surface area contributed by atoms with Crippen LogP contribution in [0.1, 0.15) is 13.3 Å². The highest BCUT2D eigenvalue weighted by Crippen LogP contribution is 2.31. The molecule has 0 bridgehead atoms. The van der Waals surface area contributed by atoms with Gasteiger partial charge >= 0.3 is 6.18 Å². The van der Waals surface area contributed by atoms with Crippen LogP contribution >= 0.6 is 0 Å². The summed E-state index contributed by atoms with van der Waals surface area (Å²) in [5, 5.41) is 9.27. The molecule has 1 fully saturated rings. The molecule has 3 N–H and O–H groups in total. The first-order chi connectivity index (χ1) is 6.76. The van der Waals surface area contributed by atoms with Crippen LogP contribution in [0.3, 0.4) is 0 Å². The molecule has 0 aromatic heterocycles. The average Bonchev–Trinajstić information content (AvgIpc) is 2.49. The van der Waals surface area contributed by atoms with Gasteiger partial charge in [0, 0.05) is 13.1 Å². The Kier molecular flexibility index (Phi) is 3.63. The third-order valence-electron chi connectivity index (χ3n) is 2.85. The summed E-state index contributed by atoms with van der Waals surface area (Å²) in [6.07, 6.45) is -3.77. The van der Waals surface area contributed by atoms with Crippen molar-refractivity contribution in [2.45, 2.75) is 25.1 Å². The Morgan fingerprint density at radius 3 is 2.47 bits per heavy atom. The topological polar surface area (TPSA) is 49.5 Å². The van der Waals surface area contributed by atoms with E-state index in [1.165, 1.54) is 0 Å². The minimum Gasteiger partial charge on any atom is -0.380 e. The molecule has 90 valence electrons. The van der Waals surface area contributed by atoms with Gasteiger partial charge in [0.15, 0.2) is 5.60 Å². The van der Waals surface area contributed by atoms with Crippen LogP contribution in [0.15, 0.2) is 0 Å². The summed E-state index contributed by atoms with van der Waals surface area (Å²) in [7, 11) is 0. The van der Waals surface area contributed by atoms with Crippen LogP contribution in [0.2, 0.25) is 0 Å². The van der Waals surface area contributed by atoms with Crippen LogP contribution < -0.4 is 5.73 Å². The smallest absolute Gasteiger partial charge is 0.380 e. The molecule has 0 spiro atoms. The molecular formula is C9H17F3N2O. The van der Waals surface area contributed by atoms with Crippen molar-refractivity contribution in [1.82, 2.24) is 4.90 Å². The number of alkyl halides is 3. The number of hydrogen-bond donors (Lipinski definition) is 2. The Morgan fingerprint density at radius 1 is 1.47 bits per heavy atom. The third kappa shape index (κ3) is 3.06. The maximum atomic E-state index is 12.4. The average molecular weight is 226 g/mol. The van der Waals surface area contributed by atoms with Crippen LogP contribution in [0, 0.1) is 5.92 Å². The van der Waals surface area contributed by atoms with Gasteiger partial charge < -0.3 is 10.8 Å². The first kappa shape index (κ1) is 12.7. The van der Waals surface area contributed by atoms with Gasteiger partial charge in [-0.1, -0.05) is 0 Å². The van der Waals surface area contributed by atoms with Crippen molar-refractivity contribution in [1.29, 1.82) is 0 Å². The Bertz CT molecular complexity index is 218. The molecule has 0 radical (unpaired) electrons. The Morgan fingerprint density at radius 2 is 2.07 bits per heavy atom. The van der Waals surface area contributed by atoms with Gasteiger partial charge in [-0.25, -0.2) is 0 Å². The van der Waals surface area contributed by atoms with Gasteiger partial charge in [0.05, 0.1) is 0 Å². The third-order valence-corrected chi connectivity index (χ3v) is 2.85. The molecule has 1 aliphatic rings. The highest BCUT2D eigenvalue weighted by atomic mass is 19.4. The number of likely N-dealkylation sites (tertiary alicyclic amines) is 1. The van der Waals surface area contributed by atoms with E-state index in [0.717, 1.165) is 13.3 Å². The molecule has 15 heavy (non-hydrogen) atoms. The van der Waals surface area contributed by atoms with E-state index in [0.29, 0.717) is 19.6 Å². The first-order valence-electron chi connectivity index (χ1n) is 4.98. The van der Waals surface area contributed by atoms with Crippen molar-refractivity contribution in [3.8, 4) is 0 Å². The molecule has 1 saturated heterocycles. The van der Waals surface area contributed by atoms with E-state index in [9.17, 15) is 18.3 Å². The number of halogens is 3. The molecule has 2 atom stereocenters. The molecule has 0 saturated carbocycles. The molecule has 0 aliphatic carbocycles. The molecular weight excluding hydrogens is 209 g/mol. The van der Waals surface area contributed by atoms with E-state index in [-0.39, 0.29) is 12.5 Å². The quantitative estimate of drug-likeness (QED) is 0.740. The summed E-state index contributed by atoms with van der Waals surface area (Å²) in [6.45, 7) is 2.05. The summed E-state index contributed by atoms with van der Waals surface area (Å²) in [4.78, 5) is 1.62. The Labute approximate surface area is 87.0 Å². The molecule has 2 unspecified atom stereocenters.